The second-order valence-electron chi connectivity index (χ2n) is 5.98. The Labute approximate surface area is 137 Å². The standard InChI is InChI=1S/C14H19N5O5/c1-22-11-8-10(17-13(15)18-11)19(6-16-8)12-14(3-2-4-23-14)9(21)7(5-20)24-12/h6-7,9,12,20-21H,2-5H2,1H3,(H2,15,17,18)/t7-,9-,12-,14+/m1/s1. The van der Waals surface area contributed by atoms with Crippen LogP contribution < -0.4 is 10.5 Å². The normalized spacial score (nSPS) is 32.9. The molecule has 2 saturated heterocycles. The smallest absolute Gasteiger partial charge is 0.246 e. The predicted molar refractivity (Wildman–Crippen MR) is 81.2 cm³/mol. The van der Waals surface area contributed by atoms with Crippen molar-refractivity contribution in [2.45, 2.75) is 36.9 Å². The number of anilines is 1. The average molecular weight is 337 g/mol. The first-order valence-electron chi connectivity index (χ1n) is 7.73. The minimum atomic E-state index is -0.950. The highest BCUT2D eigenvalue weighted by atomic mass is 16.6. The largest absolute Gasteiger partial charge is 0.479 e. The van der Waals surface area contributed by atoms with Crippen LogP contribution in [-0.4, -0.2) is 67.9 Å². The third kappa shape index (κ3) is 2.00. The number of rotatable bonds is 3. The molecule has 24 heavy (non-hydrogen) atoms. The van der Waals surface area contributed by atoms with Crippen molar-refractivity contribution < 1.29 is 24.4 Å². The van der Waals surface area contributed by atoms with Crippen LogP contribution >= 0.6 is 0 Å². The van der Waals surface area contributed by atoms with E-state index in [1.165, 1.54) is 13.4 Å². The van der Waals surface area contributed by atoms with Crippen molar-refractivity contribution in [3.05, 3.63) is 6.33 Å². The lowest BCUT2D eigenvalue weighted by atomic mass is 9.91. The summed E-state index contributed by atoms with van der Waals surface area (Å²) in [5, 5.41) is 20.1. The number of hydrogen-bond acceptors (Lipinski definition) is 9. The van der Waals surface area contributed by atoms with Gasteiger partial charge in [0.05, 0.1) is 20.0 Å². The van der Waals surface area contributed by atoms with E-state index >= 15 is 0 Å². The molecule has 2 aliphatic rings. The van der Waals surface area contributed by atoms with E-state index in [1.54, 1.807) is 4.57 Å². The predicted octanol–water partition coefficient (Wildman–Crippen LogP) is -0.783. The highest BCUT2D eigenvalue weighted by Gasteiger charge is 2.59. The van der Waals surface area contributed by atoms with Crippen molar-refractivity contribution in [1.82, 2.24) is 19.5 Å². The van der Waals surface area contributed by atoms with Crippen molar-refractivity contribution in [1.29, 1.82) is 0 Å². The van der Waals surface area contributed by atoms with Crippen LogP contribution in [0, 0.1) is 0 Å². The van der Waals surface area contributed by atoms with Gasteiger partial charge in [0.15, 0.2) is 17.4 Å². The lowest BCUT2D eigenvalue weighted by molar-refractivity contribution is -0.119. The van der Waals surface area contributed by atoms with Crippen molar-refractivity contribution in [3.8, 4) is 5.88 Å². The Balaban J connectivity index is 1.86. The molecular formula is C14H19N5O5. The Morgan fingerprint density at radius 2 is 2.33 bits per heavy atom. The number of aliphatic hydroxyl groups is 2. The van der Waals surface area contributed by atoms with E-state index < -0.39 is 24.0 Å². The molecular weight excluding hydrogens is 318 g/mol. The molecule has 0 radical (unpaired) electrons. The number of hydrogen-bond donors (Lipinski definition) is 3. The summed E-state index contributed by atoms with van der Waals surface area (Å²) in [7, 11) is 1.47. The van der Waals surface area contributed by atoms with Crippen molar-refractivity contribution in [2.24, 2.45) is 0 Å². The molecule has 10 heteroatoms. The van der Waals surface area contributed by atoms with Gasteiger partial charge in [-0.2, -0.15) is 9.97 Å². The maximum Gasteiger partial charge on any atom is 0.246 e. The molecule has 2 aliphatic heterocycles. The van der Waals surface area contributed by atoms with Crippen LogP contribution in [0.5, 0.6) is 5.88 Å². The molecule has 0 unspecified atom stereocenters. The first kappa shape index (κ1) is 15.5. The molecule has 4 N–H and O–H groups in total. The molecule has 0 bridgehead atoms. The molecule has 0 amide bonds. The second-order valence-corrected chi connectivity index (χ2v) is 5.98. The van der Waals surface area contributed by atoms with Crippen LogP contribution in [0.15, 0.2) is 6.33 Å². The topological polar surface area (TPSA) is 138 Å². The average Bonchev–Trinajstić information content (AvgIpc) is 3.28. The maximum atomic E-state index is 10.6. The van der Waals surface area contributed by atoms with Crippen LogP contribution in [0.25, 0.3) is 11.2 Å². The summed E-state index contributed by atoms with van der Waals surface area (Å²) in [5.74, 6) is 0.301. The van der Waals surface area contributed by atoms with Crippen molar-refractivity contribution in [2.75, 3.05) is 26.1 Å². The fourth-order valence-corrected chi connectivity index (χ4v) is 3.59. The van der Waals surface area contributed by atoms with Gasteiger partial charge in [-0.3, -0.25) is 4.57 Å². The number of ether oxygens (including phenoxy) is 3. The zero-order valence-corrected chi connectivity index (χ0v) is 13.1. The molecule has 4 rings (SSSR count). The van der Waals surface area contributed by atoms with Crippen LogP contribution in [0.3, 0.4) is 0 Å². The molecule has 2 fully saturated rings. The maximum absolute atomic E-state index is 10.6. The first-order valence-corrected chi connectivity index (χ1v) is 7.73. The number of fused-ring (bicyclic) bond motifs is 1. The van der Waals surface area contributed by atoms with E-state index in [4.69, 9.17) is 19.9 Å². The molecule has 2 aromatic rings. The number of aliphatic hydroxyl groups excluding tert-OH is 2. The van der Waals surface area contributed by atoms with Crippen LogP contribution in [0.4, 0.5) is 5.95 Å². The Morgan fingerprint density at radius 1 is 1.50 bits per heavy atom. The summed E-state index contributed by atoms with van der Waals surface area (Å²) in [4.78, 5) is 12.5. The van der Waals surface area contributed by atoms with Crippen molar-refractivity contribution >= 4 is 17.1 Å². The van der Waals surface area contributed by atoms with Gasteiger partial charge in [0.2, 0.25) is 11.8 Å². The Morgan fingerprint density at radius 3 is 3.00 bits per heavy atom. The van der Waals surface area contributed by atoms with Gasteiger partial charge >= 0.3 is 0 Å². The minimum absolute atomic E-state index is 0.0414. The number of methoxy groups -OCH3 is 1. The summed E-state index contributed by atoms with van der Waals surface area (Å²) in [6, 6.07) is 0. The number of imidazole rings is 1. The van der Waals surface area contributed by atoms with Crippen molar-refractivity contribution in [3.63, 3.8) is 0 Å². The second kappa shape index (κ2) is 5.52. The zero-order valence-electron chi connectivity index (χ0n) is 13.1. The summed E-state index contributed by atoms with van der Waals surface area (Å²) >= 11 is 0. The first-order chi connectivity index (χ1) is 11.6. The summed E-state index contributed by atoms with van der Waals surface area (Å²) in [6.07, 6.45) is 0.549. The van der Waals surface area contributed by atoms with Gasteiger partial charge in [-0.15, -0.1) is 0 Å². The van der Waals surface area contributed by atoms with Gasteiger partial charge < -0.3 is 30.2 Å². The monoisotopic (exact) mass is 337 g/mol. The third-order valence-corrected chi connectivity index (χ3v) is 4.69. The SMILES string of the molecule is COc1nc(N)nc2c1ncn2[C@@H]1O[C@H](CO)[C@@H](O)[C@@]12CCCO2. The molecule has 2 aromatic heterocycles. The molecule has 1 spiro atoms. The van der Waals surface area contributed by atoms with E-state index in [2.05, 4.69) is 15.0 Å². The van der Waals surface area contributed by atoms with E-state index in [9.17, 15) is 10.2 Å². The Kier molecular flexibility index (Phi) is 3.57. The molecule has 0 aromatic carbocycles. The van der Waals surface area contributed by atoms with Crippen LogP contribution in [0.2, 0.25) is 0 Å². The summed E-state index contributed by atoms with van der Waals surface area (Å²) in [5.41, 5.74) is 5.65. The van der Waals surface area contributed by atoms with Crippen LogP contribution in [-0.2, 0) is 9.47 Å². The Hall–Kier alpha value is -2.01. The number of aromatic nitrogens is 4. The van der Waals surface area contributed by atoms with E-state index in [0.717, 1.165) is 6.42 Å². The molecule has 0 saturated carbocycles. The summed E-state index contributed by atoms with van der Waals surface area (Å²) < 4.78 is 18.6. The summed E-state index contributed by atoms with van der Waals surface area (Å²) in [6.45, 7) is 0.206. The van der Waals surface area contributed by atoms with Gasteiger partial charge in [0, 0.05) is 6.61 Å². The number of nitrogen functional groups attached to an aromatic ring is 1. The van der Waals surface area contributed by atoms with E-state index in [1.807, 2.05) is 0 Å². The van der Waals surface area contributed by atoms with E-state index in [0.29, 0.717) is 24.2 Å². The number of nitrogens with zero attached hydrogens (tertiary/aromatic N) is 4. The molecule has 0 aliphatic carbocycles. The van der Waals surface area contributed by atoms with E-state index in [-0.39, 0.29) is 18.4 Å². The van der Waals surface area contributed by atoms with Gasteiger partial charge in [-0.05, 0) is 12.8 Å². The fourth-order valence-electron chi connectivity index (χ4n) is 3.59. The van der Waals surface area contributed by atoms with Gasteiger partial charge in [0.25, 0.3) is 0 Å². The highest BCUT2D eigenvalue weighted by molar-refractivity contribution is 5.77. The molecule has 10 nitrogen and oxygen atoms in total. The zero-order chi connectivity index (χ0) is 16.9. The fraction of sp³-hybridized carbons (Fsp3) is 0.643. The molecule has 4 heterocycles. The minimum Gasteiger partial charge on any atom is -0.479 e. The molecule has 4 atom stereocenters. The molecule has 130 valence electrons. The van der Waals surface area contributed by atoms with Gasteiger partial charge in [-0.1, -0.05) is 0 Å². The number of nitrogens with two attached hydrogens (primary N) is 1. The third-order valence-electron chi connectivity index (χ3n) is 4.69. The lowest BCUT2D eigenvalue weighted by Crippen LogP contribution is -2.46. The van der Waals surface area contributed by atoms with Gasteiger partial charge in [0.1, 0.15) is 17.8 Å². The Bertz CT molecular complexity index is 759. The van der Waals surface area contributed by atoms with Gasteiger partial charge in [-0.25, -0.2) is 4.98 Å². The quantitative estimate of drug-likeness (QED) is 0.658. The highest BCUT2D eigenvalue weighted by Crippen LogP contribution is 2.48. The van der Waals surface area contributed by atoms with Crippen LogP contribution in [0.1, 0.15) is 19.1 Å². The lowest BCUT2D eigenvalue weighted by Gasteiger charge is -2.31.